The van der Waals surface area contributed by atoms with Crippen LogP contribution in [0.15, 0.2) is 28.7 Å². The molecule has 3 fully saturated rings. The lowest BCUT2D eigenvalue weighted by Gasteiger charge is -2.27. The predicted molar refractivity (Wildman–Crippen MR) is 86.1 cm³/mol. The molecule has 0 aromatic heterocycles. The molecule has 0 amide bonds. The second-order valence-electron chi connectivity index (χ2n) is 6.88. The first-order valence-corrected chi connectivity index (χ1v) is 8.95. The maximum Gasteiger partial charge on any atom is 0.160 e. The van der Waals surface area contributed by atoms with Gasteiger partial charge >= 0.3 is 0 Å². The Bertz CT molecular complexity index is 537. The number of benzene rings is 1. The summed E-state index contributed by atoms with van der Waals surface area (Å²) in [5, 5.41) is 0. The quantitative estimate of drug-likeness (QED) is 0.702. The van der Waals surface area contributed by atoms with Crippen molar-refractivity contribution in [1.82, 2.24) is 0 Å². The molecule has 0 radical (unpaired) electrons. The third kappa shape index (κ3) is 1.90. The molecule has 1 aromatic carbocycles. The lowest BCUT2D eigenvalue weighted by molar-refractivity contribution is -0.171. The number of rotatable bonds is 6. The summed E-state index contributed by atoms with van der Waals surface area (Å²) in [5.41, 5.74) is 2.55. The van der Waals surface area contributed by atoms with E-state index >= 15 is 0 Å². The summed E-state index contributed by atoms with van der Waals surface area (Å²) in [6.45, 7) is 5.61. The largest absolute Gasteiger partial charge is 0.353 e. The van der Waals surface area contributed by atoms with E-state index in [0.717, 1.165) is 19.1 Å². The van der Waals surface area contributed by atoms with E-state index in [1.807, 2.05) is 0 Å². The molecule has 114 valence electrons. The molecule has 0 saturated heterocycles. The van der Waals surface area contributed by atoms with Gasteiger partial charge in [0.15, 0.2) is 6.29 Å². The minimum atomic E-state index is 0.00417. The Balaban J connectivity index is 1.57. The van der Waals surface area contributed by atoms with E-state index < -0.39 is 0 Å². The van der Waals surface area contributed by atoms with E-state index in [-0.39, 0.29) is 6.29 Å². The molecule has 3 heteroatoms. The number of hydrogen-bond acceptors (Lipinski definition) is 2. The van der Waals surface area contributed by atoms with Gasteiger partial charge in [-0.05, 0) is 62.1 Å². The molecular weight excluding hydrogens is 328 g/mol. The molecule has 1 spiro atoms. The van der Waals surface area contributed by atoms with Gasteiger partial charge in [0.25, 0.3) is 0 Å². The number of ether oxygens (including phenoxy) is 2. The monoisotopic (exact) mass is 350 g/mol. The summed E-state index contributed by atoms with van der Waals surface area (Å²) in [4.78, 5) is 0. The van der Waals surface area contributed by atoms with E-state index in [1.54, 1.807) is 0 Å². The standard InChI is InChI=1S/C18H23BrO2/c1-3-20-16(21-4-2)14-9-17(11-18(17)10-15(14)18)12-5-7-13(19)8-6-12/h5-8,14-16H,3-4,9-11H2,1-2H3. The van der Waals surface area contributed by atoms with Crippen molar-refractivity contribution in [2.24, 2.45) is 17.3 Å². The summed E-state index contributed by atoms with van der Waals surface area (Å²) < 4.78 is 13.0. The SMILES string of the molecule is CCOC(OCC)C1CC2(c3ccc(Br)cc3)CC23CC13. The second-order valence-corrected chi connectivity index (χ2v) is 7.80. The maximum atomic E-state index is 5.90. The number of hydrogen-bond donors (Lipinski definition) is 0. The molecule has 4 atom stereocenters. The fraction of sp³-hybridized carbons (Fsp3) is 0.667. The molecule has 3 aliphatic rings. The van der Waals surface area contributed by atoms with Gasteiger partial charge in [-0.2, -0.15) is 0 Å². The highest BCUT2D eigenvalue weighted by Gasteiger charge is 2.86. The molecule has 3 aliphatic carbocycles. The van der Waals surface area contributed by atoms with Crippen LogP contribution in [0.3, 0.4) is 0 Å². The smallest absolute Gasteiger partial charge is 0.160 e. The van der Waals surface area contributed by atoms with Gasteiger partial charge in [0.05, 0.1) is 0 Å². The first-order valence-electron chi connectivity index (χ1n) is 8.16. The topological polar surface area (TPSA) is 18.5 Å². The van der Waals surface area contributed by atoms with Crippen LogP contribution in [0.5, 0.6) is 0 Å². The summed E-state index contributed by atoms with van der Waals surface area (Å²) in [6.07, 6.45) is 4.01. The minimum absolute atomic E-state index is 0.00417. The first kappa shape index (κ1) is 14.2. The van der Waals surface area contributed by atoms with Gasteiger partial charge in [-0.15, -0.1) is 0 Å². The predicted octanol–water partition coefficient (Wildman–Crippen LogP) is 4.52. The van der Waals surface area contributed by atoms with Crippen molar-refractivity contribution in [2.75, 3.05) is 13.2 Å². The first-order chi connectivity index (χ1) is 10.2. The van der Waals surface area contributed by atoms with Crippen molar-refractivity contribution in [3.05, 3.63) is 34.3 Å². The van der Waals surface area contributed by atoms with Crippen LogP contribution in [0.2, 0.25) is 0 Å². The molecule has 2 nitrogen and oxygen atoms in total. The van der Waals surface area contributed by atoms with Crippen LogP contribution in [0.1, 0.15) is 38.7 Å². The normalized spacial score (nSPS) is 39.2. The van der Waals surface area contributed by atoms with Crippen LogP contribution in [0, 0.1) is 17.3 Å². The van der Waals surface area contributed by atoms with Gasteiger partial charge in [-0.25, -0.2) is 0 Å². The highest BCUT2D eigenvalue weighted by molar-refractivity contribution is 9.10. The molecule has 3 saturated carbocycles. The van der Waals surface area contributed by atoms with Crippen molar-refractivity contribution in [3.63, 3.8) is 0 Å². The van der Waals surface area contributed by atoms with Crippen molar-refractivity contribution < 1.29 is 9.47 Å². The Morgan fingerprint density at radius 1 is 1.14 bits per heavy atom. The van der Waals surface area contributed by atoms with Crippen molar-refractivity contribution in [3.8, 4) is 0 Å². The summed E-state index contributed by atoms with van der Waals surface area (Å²) >= 11 is 3.55. The Morgan fingerprint density at radius 2 is 1.81 bits per heavy atom. The molecule has 4 unspecified atom stereocenters. The average Bonchev–Trinajstić information content (AvgIpc) is 3.34. The molecule has 0 heterocycles. The van der Waals surface area contributed by atoms with Gasteiger partial charge in [0.1, 0.15) is 0 Å². The lowest BCUT2D eigenvalue weighted by atomic mass is 9.86. The van der Waals surface area contributed by atoms with Gasteiger partial charge in [-0.3, -0.25) is 0 Å². The van der Waals surface area contributed by atoms with Crippen LogP contribution >= 0.6 is 15.9 Å². The minimum Gasteiger partial charge on any atom is -0.353 e. The Kier molecular flexibility index (Phi) is 3.26. The molecule has 0 aliphatic heterocycles. The highest BCUT2D eigenvalue weighted by atomic mass is 79.9. The summed E-state index contributed by atoms with van der Waals surface area (Å²) in [6, 6.07) is 8.99. The van der Waals surface area contributed by atoms with Crippen LogP contribution < -0.4 is 0 Å². The zero-order valence-electron chi connectivity index (χ0n) is 12.8. The van der Waals surface area contributed by atoms with Crippen molar-refractivity contribution >= 4 is 15.9 Å². The van der Waals surface area contributed by atoms with Crippen LogP contribution in [0.25, 0.3) is 0 Å². The van der Waals surface area contributed by atoms with E-state index in [1.165, 1.54) is 29.3 Å². The molecule has 0 N–H and O–H groups in total. The molecule has 21 heavy (non-hydrogen) atoms. The second kappa shape index (κ2) is 4.81. The third-order valence-electron chi connectivity index (χ3n) is 6.09. The van der Waals surface area contributed by atoms with Gasteiger partial charge in [-0.1, -0.05) is 28.1 Å². The van der Waals surface area contributed by atoms with E-state index in [2.05, 4.69) is 54.0 Å². The summed E-state index contributed by atoms with van der Waals surface area (Å²) in [5.74, 6) is 1.41. The molecular formula is C18H23BrO2. The zero-order chi connectivity index (χ0) is 14.7. The van der Waals surface area contributed by atoms with Gasteiger partial charge in [0.2, 0.25) is 0 Å². The van der Waals surface area contributed by atoms with Gasteiger partial charge in [0, 0.05) is 29.0 Å². The maximum absolute atomic E-state index is 5.90. The van der Waals surface area contributed by atoms with E-state index in [0.29, 0.717) is 16.7 Å². The number of halogens is 1. The van der Waals surface area contributed by atoms with Gasteiger partial charge < -0.3 is 9.47 Å². The molecule has 1 aromatic rings. The molecule has 4 rings (SSSR count). The Labute approximate surface area is 135 Å². The van der Waals surface area contributed by atoms with E-state index in [4.69, 9.17) is 9.47 Å². The lowest BCUT2D eigenvalue weighted by Crippen LogP contribution is -2.30. The summed E-state index contributed by atoms with van der Waals surface area (Å²) in [7, 11) is 0. The fourth-order valence-corrected chi connectivity index (χ4v) is 5.41. The Hall–Kier alpha value is -0.380. The highest BCUT2D eigenvalue weighted by Crippen LogP contribution is 2.90. The third-order valence-corrected chi connectivity index (χ3v) is 6.62. The van der Waals surface area contributed by atoms with Crippen LogP contribution in [-0.2, 0) is 14.9 Å². The van der Waals surface area contributed by atoms with Crippen LogP contribution in [-0.4, -0.2) is 19.5 Å². The van der Waals surface area contributed by atoms with Crippen molar-refractivity contribution in [2.45, 2.75) is 44.8 Å². The zero-order valence-corrected chi connectivity index (χ0v) is 14.4. The van der Waals surface area contributed by atoms with Crippen molar-refractivity contribution in [1.29, 1.82) is 0 Å². The average molecular weight is 351 g/mol. The van der Waals surface area contributed by atoms with E-state index in [9.17, 15) is 0 Å². The fourth-order valence-electron chi connectivity index (χ4n) is 5.15. The van der Waals surface area contributed by atoms with Crippen LogP contribution in [0.4, 0.5) is 0 Å². The molecule has 0 bridgehead atoms. The Morgan fingerprint density at radius 3 is 2.43 bits per heavy atom.